The zero-order valence-electron chi connectivity index (χ0n) is 12.0. The molecule has 2 rings (SSSR count). The molecule has 1 amide bonds. The second-order valence-electron chi connectivity index (χ2n) is 5.20. The normalized spacial score (nSPS) is 26.0. The van der Waals surface area contributed by atoms with Crippen molar-refractivity contribution < 1.29 is 4.79 Å². The molecule has 1 saturated carbocycles. The van der Waals surface area contributed by atoms with Crippen molar-refractivity contribution >= 4 is 29.2 Å². The molecule has 2 atom stereocenters. The number of thioether (sulfide) groups is 1. The number of carbonyl (C=O) groups is 1. The fraction of sp³-hybridized carbons (Fsp3) is 0.769. The predicted molar refractivity (Wildman–Crippen MR) is 82.9 cm³/mol. The van der Waals surface area contributed by atoms with E-state index < -0.39 is 5.54 Å². The van der Waals surface area contributed by atoms with Gasteiger partial charge in [-0.15, -0.1) is 0 Å². The minimum Gasteiger partial charge on any atom is -0.368 e. The highest BCUT2D eigenvalue weighted by Crippen LogP contribution is 2.39. The summed E-state index contributed by atoms with van der Waals surface area (Å²) >= 11 is 3.17. The fourth-order valence-corrected chi connectivity index (χ4v) is 4.82. The second-order valence-corrected chi connectivity index (χ2v) is 7.29. The van der Waals surface area contributed by atoms with Crippen molar-refractivity contribution in [3.8, 4) is 0 Å². The van der Waals surface area contributed by atoms with E-state index in [4.69, 9.17) is 5.73 Å². The molecule has 0 aliphatic heterocycles. The number of primary amides is 1. The maximum Gasteiger partial charge on any atom is 0.238 e. The zero-order valence-corrected chi connectivity index (χ0v) is 13.6. The van der Waals surface area contributed by atoms with Gasteiger partial charge in [0.05, 0.1) is 0 Å². The van der Waals surface area contributed by atoms with Gasteiger partial charge in [-0.05, 0) is 50.2 Å². The summed E-state index contributed by atoms with van der Waals surface area (Å²) in [7, 11) is 0. The summed E-state index contributed by atoms with van der Waals surface area (Å²) in [6.45, 7) is 4.71. The quantitative estimate of drug-likeness (QED) is 0.752. The van der Waals surface area contributed by atoms with Crippen molar-refractivity contribution in [2.75, 3.05) is 12.3 Å². The van der Waals surface area contributed by atoms with Gasteiger partial charge in [0.15, 0.2) is 4.34 Å². The minimum atomic E-state index is -0.494. The van der Waals surface area contributed by atoms with Crippen LogP contribution in [-0.4, -0.2) is 33.1 Å². The summed E-state index contributed by atoms with van der Waals surface area (Å²) in [6.07, 6.45) is 4.00. The van der Waals surface area contributed by atoms with Crippen LogP contribution >= 0.6 is 23.3 Å². The van der Waals surface area contributed by atoms with Gasteiger partial charge in [0.25, 0.3) is 0 Å². The standard InChI is InChI=1S/C13H22N4OS2/c1-3-15-13(11(14)18)7-4-5-10(13)6-8-19-12-16-9(2)17-20-12/h10,15H,3-8H2,1-2H3,(H2,14,18). The molecule has 1 aliphatic rings. The number of nitrogens with zero attached hydrogens (tertiary/aromatic N) is 2. The van der Waals surface area contributed by atoms with E-state index in [1.165, 1.54) is 11.5 Å². The monoisotopic (exact) mass is 314 g/mol. The van der Waals surface area contributed by atoms with Gasteiger partial charge in [-0.25, -0.2) is 4.98 Å². The summed E-state index contributed by atoms with van der Waals surface area (Å²) in [5, 5.41) is 3.35. The van der Waals surface area contributed by atoms with Gasteiger partial charge in [-0.1, -0.05) is 25.1 Å². The number of hydrogen-bond donors (Lipinski definition) is 2. The molecule has 112 valence electrons. The first-order valence-electron chi connectivity index (χ1n) is 7.06. The Bertz CT molecular complexity index is 465. The SMILES string of the molecule is CCNC1(C(N)=O)CCCC1CCSc1nc(C)ns1. The molecule has 5 nitrogen and oxygen atoms in total. The van der Waals surface area contributed by atoms with Crippen molar-refractivity contribution in [1.29, 1.82) is 0 Å². The van der Waals surface area contributed by atoms with Crippen LogP contribution in [0.25, 0.3) is 0 Å². The lowest BCUT2D eigenvalue weighted by atomic mass is 9.84. The summed E-state index contributed by atoms with van der Waals surface area (Å²) in [5.74, 6) is 1.93. The molecule has 1 aromatic heterocycles. The van der Waals surface area contributed by atoms with E-state index >= 15 is 0 Å². The molecule has 7 heteroatoms. The van der Waals surface area contributed by atoms with Crippen LogP contribution in [0.5, 0.6) is 0 Å². The van der Waals surface area contributed by atoms with Gasteiger partial charge in [-0.2, -0.15) is 4.37 Å². The van der Waals surface area contributed by atoms with Crippen molar-refractivity contribution in [3.05, 3.63) is 5.82 Å². The number of likely N-dealkylation sites (N-methyl/N-ethyl adjacent to an activating group) is 1. The third-order valence-corrected chi connectivity index (χ3v) is 5.91. The van der Waals surface area contributed by atoms with E-state index in [2.05, 4.69) is 14.7 Å². The van der Waals surface area contributed by atoms with E-state index in [9.17, 15) is 4.79 Å². The summed E-state index contributed by atoms with van der Waals surface area (Å²) in [5.41, 5.74) is 5.17. The van der Waals surface area contributed by atoms with Crippen molar-refractivity contribution in [2.24, 2.45) is 11.7 Å². The van der Waals surface area contributed by atoms with Gasteiger partial charge in [0.2, 0.25) is 5.91 Å². The highest BCUT2D eigenvalue weighted by molar-refractivity contribution is 8.00. The number of aromatic nitrogens is 2. The topological polar surface area (TPSA) is 80.9 Å². The van der Waals surface area contributed by atoms with Crippen LogP contribution in [0.4, 0.5) is 0 Å². The molecule has 0 radical (unpaired) electrons. The van der Waals surface area contributed by atoms with Crippen molar-refractivity contribution in [1.82, 2.24) is 14.7 Å². The Kier molecular flexibility index (Phi) is 5.40. The Hall–Kier alpha value is -0.660. The summed E-state index contributed by atoms with van der Waals surface area (Å²) < 4.78 is 5.18. The van der Waals surface area contributed by atoms with Crippen LogP contribution in [0.3, 0.4) is 0 Å². The third-order valence-electron chi connectivity index (χ3n) is 3.95. The number of carbonyl (C=O) groups excluding carboxylic acids is 1. The molecule has 1 aromatic rings. The second kappa shape index (κ2) is 6.87. The molecule has 0 spiro atoms. The lowest BCUT2D eigenvalue weighted by Crippen LogP contribution is -2.57. The maximum atomic E-state index is 11.9. The fourth-order valence-electron chi connectivity index (χ4n) is 3.05. The Labute approximate surface area is 128 Å². The minimum absolute atomic E-state index is 0.196. The molecular formula is C13H22N4OS2. The first kappa shape index (κ1) is 15.7. The van der Waals surface area contributed by atoms with E-state index in [-0.39, 0.29) is 5.91 Å². The average molecular weight is 314 g/mol. The lowest BCUT2D eigenvalue weighted by Gasteiger charge is -2.33. The molecule has 1 fully saturated rings. The maximum absolute atomic E-state index is 11.9. The number of hydrogen-bond acceptors (Lipinski definition) is 6. The van der Waals surface area contributed by atoms with Gasteiger partial charge in [0.1, 0.15) is 11.4 Å². The Morgan fingerprint density at radius 2 is 2.45 bits per heavy atom. The van der Waals surface area contributed by atoms with Crippen LogP contribution in [0.15, 0.2) is 4.34 Å². The molecule has 0 aromatic carbocycles. The van der Waals surface area contributed by atoms with Crippen LogP contribution in [-0.2, 0) is 4.79 Å². The van der Waals surface area contributed by atoms with Gasteiger partial charge < -0.3 is 11.1 Å². The Balaban J connectivity index is 1.91. The van der Waals surface area contributed by atoms with E-state index in [0.717, 1.165) is 48.1 Å². The molecule has 2 unspecified atom stereocenters. The van der Waals surface area contributed by atoms with Gasteiger partial charge in [-0.3, -0.25) is 4.79 Å². The number of nitrogens with one attached hydrogen (secondary N) is 1. The van der Waals surface area contributed by atoms with Crippen LogP contribution in [0.2, 0.25) is 0 Å². The smallest absolute Gasteiger partial charge is 0.238 e. The molecule has 0 bridgehead atoms. The predicted octanol–water partition coefficient (Wildman–Crippen LogP) is 1.96. The highest BCUT2D eigenvalue weighted by Gasteiger charge is 2.46. The first-order chi connectivity index (χ1) is 9.58. The molecule has 20 heavy (non-hydrogen) atoms. The van der Waals surface area contributed by atoms with Crippen molar-refractivity contribution in [3.63, 3.8) is 0 Å². The van der Waals surface area contributed by atoms with Crippen LogP contribution in [0, 0.1) is 12.8 Å². The number of aryl methyl sites for hydroxylation is 1. The first-order valence-corrected chi connectivity index (χ1v) is 8.82. The zero-order chi connectivity index (χ0) is 14.6. The summed E-state index contributed by atoms with van der Waals surface area (Å²) in [6, 6.07) is 0. The highest BCUT2D eigenvalue weighted by atomic mass is 32.2. The molecule has 1 heterocycles. The Morgan fingerprint density at radius 3 is 3.05 bits per heavy atom. The lowest BCUT2D eigenvalue weighted by molar-refractivity contribution is -0.125. The van der Waals surface area contributed by atoms with Crippen LogP contribution in [0.1, 0.15) is 38.4 Å². The molecular weight excluding hydrogens is 292 g/mol. The average Bonchev–Trinajstić information content (AvgIpc) is 2.98. The van der Waals surface area contributed by atoms with E-state index in [1.54, 1.807) is 11.8 Å². The largest absolute Gasteiger partial charge is 0.368 e. The van der Waals surface area contributed by atoms with Gasteiger partial charge >= 0.3 is 0 Å². The number of rotatable bonds is 7. The van der Waals surface area contributed by atoms with E-state index in [1.807, 2.05) is 13.8 Å². The number of nitrogens with two attached hydrogens (primary N) is 1. The molecule has 1 aliphatic carbocycles. The summed E-state index contributed by atoms with van der Waals surface area (Å²) in [4.78, 5) is 16.2. The molecule has 0 saturated heterocycles. The van der Waals surface area contributed by atoms with E-state index in [0.29, 0.717) is 5.92 Å². The number of amides is 1. The van der Waals surface area contributed by atoms with Crippen molar-refractivity contribution in [2.45, 2.75) is 49.4 Å². The molecule has 3 N–H and O–H groups in total. The third kappa shape index (κ3) is 3.32. The van der Waals surface area contributed by atoms with Gasteiger partial charge in [0, 0.05) is 5.75 Å². The van der Waals surface area contributed by atoms with Crippen LogP contribution < -0.4 is 11.1 Å². The Morgan fingerprint density at radius 1 is 1.65 bits per heavy atom.